The highest BCUT2D eigenvalue weighted by Crippen LogP contribution is 2.27. The average Bonchev–Trinajstić information content (AvgIpc) is 2.88. The third-order valence-corrected chi connectivity index (χ3v) is 8.27. The monoisotopic (exact) mass is 603 g/mol. The number of aryl methyl sites for hydroxylation is 1. The lowest BCUT2D eigenvalue weighted by Crippen LogP contribution is -2.52. The number of nitrogens with zero attached hydrogens (tertiary/aromatic N) is 2. The second-order valence-electron chi connectivity index (χ2n) is 8.77. The van der Waals surface area contributed by atoms with Gasteiger partial charge in [-0.1, -0.05) is 58.7 Å². The van der Waals surface area contributed by atoms with Crippen LogP contribution in [-0.2, 0) is 26.2 Å². The Morgan fingerprint density at radius 1 is 1.00 bits per heavy atom. The first-order valence-electron chi connectivity index (χ1n) is 12.2. The molecule has 1 N–H and O–H groups in total. The number of carbonyl (C=O) groups excluding carboxylic acids is 2. The summed E-state index contributed by atoms with van der Waals surface area (Å²) in [6.07, 6.45) is 0.306. The molecular formula is C28H31BrFN3O4S. The molecule has 0 saturated heterocycles. The SMILES string of the molecule is CCNC(=O)[C@@H](CC)N(Cc1ccc(F)cc1)C(=O)CN(c1cccc(Br)c1)S(=O)(=O)c1ccc(C)cc1. The molecule has 2 amide bonds. The van der Waals surface area contributed by atoms with Gasteiger partial charge in [0, 0.05) is 17.6 Å². The van der Waals surface area contributed by atoms with Crippen molar-refractivity contribution in [1.29, 1.82) is 0 Å². The van der Waals surface area contributed by atoms with Crippen molar-refractivity contribution < 1.29 is 22.4 Å². The van der Waals surface area contributed by atoms with Crippen LogP contribution in [0.5, 0.6) is 0 Å². The van der Waals surface area contributed by atoms with Gasteiger partial charge < -0.3 is 10.2 Å². The molecule has 7 nitrogen and oxygen atoms in total. The van der Waals surface area contributed by atoms with Crippen molar-refractivity contribution in [2.45, 2.75) is 44.7 Å². The molecule has 0 radical (unpaired) electrons. The van der Waals surface area contributed by atoms with E-state index in [4.69, 9.17) is 0 Å². The lowest BCUT2D eigenvalue weighted by atomic mass is 10.1. The fourth-order valence-electron chi connectivity index (χ4n) is 4.00. The number of anilines is 1. The van der Waals surface area contributed by atoms with Crippen molar-refractivity contribution in [3.05, 3.63) is 94.2 Å². The van der Waals surface area contributed by atoms with Crippen LogP contribution in [0.4, 0.5) is 10.1 Å². The molecule has 0 aliphatic carbocycles. The van der Waals surface area contributed by atoms with Crippen LogP contribution in [0.2, 0.25) is 0 Å². The van der Waals surface area contributed by atoms with Crippen LogP contribution in [0.25, 0.3) is 0 Å². The standard InChI is InChI=1S/C28H31BrFN3O4S/c1-4-26(28(35)31-5-2)32(18-21-11-13-23(30)14-12-21)27(34)19-33(24-8-6-7-22(29)17-24)38(36,37)25-15-9-20(3)10-16-25/h6-17,26H,4-5,18-19H2,1-3H3,(H,31,35)/t26-/m1/s1. The Morgan fingerprint density at radius 3 is 2.24 bits per heavy atom. The Balaban J connectivity index is 2.05. The molecule has 0 aliphatic heterocycles. The number of nitrogens with one attached hydrogen (secondary N) is 1. The predicted molar refractivity (Wildman–Crippen MR) is 150 cm³/mol. The minimum absolute atomic E-state index is 0.00561. The molecule has 0 spiro atoms. The number of rotatable bonds is 11. The summed E-state index contributed by atoms with van der Waals surface area (Å²) in [7, 11) is -4.14. The predicted octanol–water partition coefficient (Wildman–Crippen LogP) is 5.04. The van der Waals surface area contributed by atoms with E-state index in [1.807, 2.05) is 6.92 Å². The highest BCUT2D eigenvalue weighted by molar-refractivity contribution is 9.10. The van der Waals surface area contributed by atoms with Crippen LogP contribution in [0.3, 0.4) is 0 Å². The Labute approximate surface area is 231 Å². The minimum Gasteiger partial charge on any atom is -0.355 e. The summed E-state index contributed by atoms with van der Waals surface area (Å²) < 4.78 is 42.8. The maximum Gasteiger partial charge on any atom is 0.264 e. The van der Waals surface area contributed by atoms with E-state index in [0.29, 0.717) is 28.7 Å². The van der Waals surface area contributed by atoms with E-state index in [-0.39, 0.29) is 17.3 Å². The smallest absolute Gasteiger partial charge is 0.264 e. The summed E-state index contributed by atoms with van der Waals surface area (Å²) in [5.41, 5.74) is 1.80. The van der Waals surface area contributed by atoms with Gasteiger partial charge in [-0.25, -0.2) is 12.8 Å². The van der Waals surface area contributed by atoms with Crippen LogP contribution in [0.1, 0.15) is 31.4 Å². The van der Waals surface area contributed by atoms with E-state index in [1.54, 1.807) is 50.2 Å². The molecule has 0 fully saturated rings. The maximum atomic E-state index is 13.9. The topological polar surface area (TPSA) is 86.8 Å². The van der Waals surface area contributed by atoms with Crippen LogP contribution < -0.4 is 9.62 Å². The average molecular weight is 605 g/mol. The lowest BCUT2D eigenvalue weighted by Gasteiger charge is -2.33. The first kappa shape index (κ1) is 29.3. The molecule has 1 atom stereocenters. The van der Waals surface area contributed by atoms with Crippen molar-refractivity contribution in [2.24, 2.45) is 0 Å². The number of sulfonamides is 1. The molecule has 3 aromatic carbocycles. The molecule has 0 aliphatic rings. The summed E-state index contributed by atoms with van der Waals surface area (Å²) in [5, 5.41) is 2.75. The molecule has 0 saturated carbocycles. The third kappa shape index (κ3) is 7.20. The number of amides is 2. The fraction of sp³-hybridized carbons (Fsp3) is 0.286. The second-order valence-corrected chi connectivity index (χ2v) is 11.5. The molecule has 0 aromatic heterocycles. The van der Waals surface area contributed by atoms with Gasteiger partial charge in [0.2, 0.25) is 11.8 Å². The zero-order valence-electron chi connectivity index (χ0n) is 21.5. The zero-order chi connectivity index (χ0) is 27.9. The van der Waals surface area contributed by atoms with Gasteiger partial charge in [0.15, 0.2) is 0 Å². The molecule has 0 bridgehead atoms. The van der Waals surface area contributed by atoms with Crippen molar-refractivity contribution in [2.75, 3.05) is 17.4 Å². The van der Waals surface area contributed by atoms with E-state index >= 15 is 0 Å². The van der Waals surface area contributed by atoms with E-state index in [2.05, 4.69) is 21.2 Å². The number of hydrogen-bond acceptors (Lipinski definition) is 4. The molecule has 10 heteroatoms. The van der Waals surface area contributed by atoms with Crippen LogP contribution in [0.15, 0.2) is 82.2 Å². The van der Waals surface area contributed by atoms with Gasteiger partial charge in [-0.2, -0.15) is 0 Å². The molecule has 0 heterocycles. The number of carbonyl (C=O) groups is 2. The lowest BCUT2D eigenvalue weighted by molar-refractivity contribution is -0.140. The molecular weight excluding hydrogens is 573 g/mol. The summed E-state index contributed by atoms with van der Waals surface area (Å²) in [6.45, 7) is 5.25. The molecule has 3 rings (SSSR count). The van der Waals surface area contributed by atoms with Crippen LogP contribution >= 0.6 is 15.9 Å². The number of benzene rings is 3. The van der Waals surface area contributed by atoms with E-state index in [1.165, 1.54) is 41.3 Å². The maximum absolute atomic E-state index is 13.9. The Morgan fingerprint density at radius 2 is 1.66 bits per heavy atom. The Hall–Kier alpha value is -3.24. The minimum atomic E-state index is -4.14. The Kier molecular flexibility index (Phi) is 10.0. The van der Waals surface area contributed by atoms with E-state index in [9.17, 15) is 22.4 Å². The van der Waals surface area contributed by atoms with Crippen molar-refractivity contribution >= 4 is 43.5 Å². The summed E-state index contributed by atoms with van der Waals surface area (Å²) >= 11 is 3.38. The quantitative estimate of drug-likeness (QED) is 0.333. The first-order chi connectivity index (χ1) is 18.1. The Bertz CT molecular complexity index is 1370. The molecule has 38 heavy (non-hydrogen) atoms. The van der Waals surface area contributed by atoms with Crippen molar-refractivity contribution in [1.82, 2.24) is 10.2 Å². The number of halogens is 2. The normalized spacial score (nSPS) is 12.0. The van der Waals surface area contributed by atoms with Crippen molar-refractivity contribution in [3.63, 3.8) is 0 Å². The summed E-state index contributed by atoms with van der Waals surface area (Å²) in [4.78, 5) is 28.2. The second kappa shape index (κ2) is 13.0. The number of hydrogen-bond donors (Lipinski definition) is 1. The van der Waals surface area contributed by atoms with Gasteiger partial charge in [-0.15, -0.1) is 0 Å². The van der Waals surface area contributed by atoms with Gasteiger partial charge in [-0.3, -0.25) is 13.9 Å². The van der Waals surface area contributed by atoms with Gasteiger partial charge in [0.25, 0.3) is 10.0 Å². The first-order valence-corrected chi connectivity index (χ1v) is 14.5. The van der Waals surface area contributed by atoms with Crippen LogP contribution in [-0.4, -0.2) is 44.3 Å². The highest BCUT2D eigenvalue weighted by Gasteiger charge is 2.33. The van der Waals surface area contributed by atoms with E-state index < -0.39 is 34.3 Å². The van der Waals surface area contributed by atoms with Gasteiger partial charge in [0.05, 0.1) is 10.6 Å². The number of likely N-dealkylation sites (N-methyl/N-ethyl adjacent to an activating group) is 1. The fourth-order valence-corrected chi connectivity index (χ4v) is 5.79. The van der Waals surface area contributed by atoms with Crippen LogP contribution in [0, 0.1) is 12.7 Å². The molecule has 3 aromatic rings. The third-order valence-electron chi connectivity index (χ3n) is 5.99. The van der Waals surface area contributed by atoms with Gasteiger partial charge in [-0.05, 0) is 68.3 Å². The van der Waals surface area contributed by atoms with Gasteiger partial charge in [0.1, 0.15) is 18.4 Å². The summed E-state index contributed by atoms with van der Waals surface area (Å²) in [5.74, 6) is -1.34. The van der Waals surface area contributed by atoms with E-state index in [0.717, 1.165) is 9.87 Å². The largest absolute Gasteiger partial charge is 0.355 e. The zero-order valence-corrected chi connectivity index (χ0v) is 23.9. The molecule has 0 unspecified atom stereocenters. The van der Waals surface area contributed by atoms with Crippen molar-refractivity contribution in [3.8, 4) is 0 Å². The molecule has 202 valence electrons. The highest BCUT2D eigenvalue weighted by atomic mass is 79.9. The van der Waals surface area contributed by atoms with Gasteiger partial charge >= 0.3 is 0 Å². The summed E-state index contributed by atoms with van der Waals surface area (Å²) in [6, 6.07) is 17.8.